The summed E-state index contributed by atoms with van der Waals surface area (Å²) in [4.78, 5) is 0. The summed E-state index contributed by atoms with van der Waals surface area (Å²) in [6, 6.07) is 8.55. The number of hydrogen-bond donors (Lipinski definition) is 0. The smallest absolute Gasteiger partial charge is 0.281 e. The molecule has 3 rings (SSSR count). The van der Waals surface area contributed by atoms with Gasteiger partial charge in [0.15, 0.2) is 11.5 Å². The zero-order valence-electron chi connectivity index (χ0n) is 9.89. The molecule has 2 aromatic heterocycles. The van der Waals surface area contributed by atoms with Crippen LogP contribution in [0.3, 0.4) is 0 Å². The van der Waals surface area contributed by atoms with Crippen LogP contribution in [0.1, 0.15) is 5.56 Å². The highest BCUT2D eigenvalue weighted by Crippen LogP contribution is 2.31. The Bertz CT molecular complexity index is 780. The molecule has 0 spiro atoms. The van der Waals surface area contributed by atoms with Crippen molar-refractivity contribution in [2.45, 2.75) is 6.18 Å². The fourth-order valence-electron chi connectivity index (χ4n) is 1.90. The first-order valence-corrected chi connectivity index (χ1v) is 6.42. The average Bonchev–Trinajstić information content (AvgIpc) is 2.81. The standard InChI is InChI=1S/C13H7BrF3N3/c14-10-4-5-11-18-19-12(20(11)7-10)8-2-1-3-9(6-8)13(15,16)17/h1-7H. The van der Waals surface area contributed by atoms with Crippen LogP contribution in [0.4, 0.5) is 13.2 Å². The van der Waals surface area contributed by atoms with Crippen molar-refractivity contribution in [1.29, 1.82) is 0 Å². The van der Waals surface area contributed by atoms with Crippen molar-refractivity contribution < 1.29 is 13.2 Å². The number of fused-ring (bicyclic) bond motifs is 1. The summed E-state index contributed by atoms with van der Waals surface area (Å²) in [5.74, 6) is 0.368. The van der Waals surface area contributed by atoms with Gasteiger partial charge < -0.3 is 0 Å². The molecule has 0 aliphatic heterocycles. The second kappa shape index (κ2) is 4.59. The van der Waals surface area contributed by atoms with E-state index < -0.39 is 11.7 Å². The lowest BCUT2D eigenvalue weighted by Gasteiger charge is -2.08. The van der Waals surface area contributed by atoms with Crippen LogP contribution in [0.25, 0.3) is 17.0 Å². The van der Waals surface area contributed by atoms with Crippen molar-refractivity contribution in [3.63, 3.8) is 0 Å². The zero-order chi connectivity index (χ0) is 14.3. The van der Waals surface area contributed by atoms with Crippen LogP contribution in [0, 0.1) is 0 Å². The van der Waals surface area contributed by atoms with Crippen molar-refractivity contribution >= 4 is 21.6 Å². The Morgan fingerprint density at radius 3 is 2.60 bits per heavy atom. The number of rotatable bonds is 1. The molecule has 0 radical (unpaired) electrons. The molecule has 0 saturated heterocycles. The lowest BCUT2D eigenvalue weighted by atomic mass is 10.1. The van der Waals surface area contributed by atoms with E-state index in [0.29, 0.717) is 17.0 Å². The van der Waals surface area contributed by atoms with Crippen LogP contribution >= 0.6 is 15.9 Å². The Kier molecular flexibility index (Phi) is 3.01. The summed E-state index contributed by atoms with van der Waals surface area (Å²) in [7, 11) is 0. The van der Waals surface area contributed by atoms with Crippen molar-refractivity contribution in [3.8, 4) is 11.4 Å². The molecule has 0 atom stereocenters. The Labute approximate surface area is 120 Å². The highest BCUT2D eigenvalue weighted by molar-refractivity contribution is 9.10. The molecule has 3 aromatic rings. The summed E-state index contributed by atoms with van der Waals surface area (Å²) in [6.07, 6.45) is -2.66. The molecule has 0 N–H and O–H groups in total. The Morgan fingerprint density at radius 1 is 1.05 bits per heavy atom. The third kappa shape index (κ3) is 2.29. The van der Waals surface area contributed by atoms with Gasteiger partial charge in [-0.2, -0.15) is 13.2 Å². The van der Waals surface area contributed by atoms with Gasteiger partial charge in [0.05, 0.1) is 5.56 Å². The first-order chi connectivity index (χ1) is 9.45. The van der Waals surface area contributed by atoms with Crippen molar-refractivity contribution in [3.05, 3.63) is 52.6 Å². The zero-order valence-corrected chi connectivity index (χ0v) is 11.5. The maximum Gasteiger partial charge on any atom is 0.416 e. The van der Waals surface area contributed by atoms with Gasteiger partial charge in [0, 0.05) is 16.2 Å². The van der Waals surface area contributed by atoms with Crippen molar-refractivity contribution in [2.75, 3.05) is 0 Å². The van der Waals surface area contributed by atoms with Crippen LogP contribution in [0.2, 0.25) is 0 Å². The van der Waals surface area contributed by atoms with E-state index in [2.05, 4.69) is 26.1 Å². The Morgan fingerprint density at radius 2 is 1.85 bits per heavy atom. The van der Waals surface area contributed by atoms with Crippen molar-refractivity contribution in [2.24, 2.45) is 0 Å². The second-order valence-electron chi connectivity index (χ2n) is 4.18. The summed E-state index contributed by atoms with van der Waals surface area (Å²) in [6.45, 7) is 0. The lowest BCUT2D eigenvalue weighted by molar-refractivity contribution is -0.137. The Hall–Kier alpha value is -1.89. The number of hydrogen-bond acceptors (Lipinski definition) is 2. The highest BCUT2D eigenvalue weighted by Gasteiger charge is 2.30. The SMILES string of the molecule is FC(F)(F)c1cccc(-c2nnc3ccc(Br)cn23)c1. The predicted molar refractivity (Wildman–Crippen MR) is 71.1 cm³/mol. The minimum atomic E-state index is -4.38. The summed E-state index contributed by atoms with van der Waals surface area (Å²) < 4.78 is 40.6. The molecule has 0 aliphatic rings. The first kappa shape index (κ1) is 13.1. The van der Waals surface area contributed by atoms with Gasteiger partial charge in [-0.3, -0.25) is 4.40 Å². The predicted octanol–water partition coefficient (Wildman–Crippen LogP) is 4.18. The van der Waals surface area contributed by atoms with Gasteiger partial charge in [0.1, 0.15) is 0 Å². The molecule has 102 valence electrons. The van der Waals surface area contributed by atoms with E-state index in [9.17, 15) is 13.2 Å². The van der Waals surface area contributed by atoms with Gasteiger partial charge in [0.2, 0.25) is 0 Å². The topological polar surface area (TPSA) is 30.2 Å². The van der Waals surface area contributed by atoms with E-state index in [4.69, 9.17) is 0 Å². The van der Waals surface area contributed by atoms with Crippen LogP contribution in [-0.2, 0) is 6.18 Å². The van der Waals surface area contributed by atoms with Gasteiger partial charge in [-0.25, -0.2) is 0 Å². The number of pyridine rings is 1. The molecule has 0 amide bonds. The molecule has 3 nitrogen and oxygen atoms in total. The van der Waals surface area contributed by atoms with E-state index in [0.717, 1.165) is 16.6 Å². The van der Waals surface area contributed by atoms with E-state index >= 15 is 0 Å². The molecule has 0 aliphatic carbocycles. The number of nitrogens with zero attached hydrogens (tertiary/aromatic N) is 3. The first-order valence-electron chi connectivity index (χ1n) is 5.63. The van der Waals surface area contributed by atoms with Gasteiger partial charge in [0.25, 0.3) is 0 Å². The fraction of sp³-hybridized carbons (Fsp3) is 0.0769. The number of alkyl halides is 3. The normalized spacial score (nSPS) is 12.0. The third-order valence-corrected chi connectivity index (χ3v) is 3.28. The lowest BCUT2D eigenvalue weighted by Crippen LogP contribution is -2.04. The molecule has 20 heavy (non-hydrogen) atoms. The highest BCUT2D eigenvalue weighted by atomic mass is 79.9. The monoisotopic (exact) mass is 341 g/mol. The van der Waals surface area contributed by atoms with Crippen LogP contribution in [0.15, 0.2) is 47.1 Å². The van der Waals surface area contributed by atoms with Gasteiger partial charge in [-0.05, 0) is 40.2 Å². The van der Waals surface area contributed by atoms with Gasteiger partial charge >= 0.3 is 6.18 Å². The van der Waals surface area contributed by atoms with E-state index in [1.54, 1.807) is 28.8 Å². The number of halogens is 4. The summed E-state index contributed by atoms with van der Waals surface area (Å²) in [5, 5.41) is 7.89. The maximum absolute atomic E-state index is 12.7. The minimum absolute atomic E-state index is 0.366. The molecule has 0 unspecified atom stereocenters. The largest absolute Gasteiger partial charge is 0.416 e. The van der Waals surface area contributed by atoms with E-state index in [1.807, 2.05) is 0 Å². The maximum atomic E-state index is 12.7. The number of aromatic nitrogens is 3. The van der Waals surface area contributed by atoms with Crippen LogP contribution in [-0.4, -0.2) is 14.6 Å². The fourth-order valence-corrected chi connectivity index (χ4v) is 2.23. The van der Waals surface area contributed by atoms with Crippen LogP contribution < -0.4 is 0 Å². The van der Waals surface area contributed by atoms with E-state index in [-0.39, 0.29) is 0 Å². The Balaban J connectivity index is 2.18. The van der Waals surface area contributed by atoms with Crippen LogP contribution in [0.5, 0.6) is 0 Å². The molecular weight excluding hydrogens is 335 g/mol. The molecular formula is C13H7BrF3N3. The second-order valence-corrected chi connectivity index (χ2v) is 5.09. The summed E-state index contributed by atoms with van der Waals surface area (Å²) >= 11 is 3.31. The molecule has 0 bridgehead atoms. The molecule has 7 heteroatoms. The third-order valence-electron chi connectivity index (χ3n) is 2.81. The minimum Gasteiger partial charge on any atom is -0.281 e. The molecule has 2 heterocycles. The van der Waals surface area contributed by atoms with Gasteiger partial charge in [-0.1, -0.05) is 12.1 Å². The average molecular weight is 342 g/mol. The molecule has 0 saturated carbocycles. The summed E-state index contributed by atoms with van der Waals surface area (Å²) in [5.41, 5.74) is 0.229. The quantitative estimate of drug-likeness (QED) is 0.664. The molecule has 0 fully saturated rings. The number of benzene rings is 1. The molecule has 1 aromatic carbocycles. The van der Waals surface area contributed by atoms with Crippen molar-refractivity contribution in [1.82, 2.24) is 14.6 Å². The van der Waals surface area contributed by atoms with Gasteiger partial charge in [-0.15, -0.1) is 10.2 Å². The van der Waals surface area contributed by atoms with E-state index in [1.165, 1.54) is 6.07 Å².